The number of rotatable bonds is 7. The maximum Gasteiger partial charge on any atom is 0.280 e. The average molecular weight is 452 g/mol. The fourth-order valence-electron chi connectivity index (χ4n) is 4.00. The Morgan fingerprint density at radius 1 is 1.09 bits per heavy atom. The third kappa shape index (κ3) is 4.94. The van der Waals surface area contributed by atoms with Crippen molar-refractivity contribution in [2.75, 3.05) is 12.0 Å². The van der Waals surface area contributed by atoms with Crippen molar-refractivity contribution in [2.24, 2.45) is 0 Å². The number of ether oxygens (including phenoxy) is 1. The number of aromatic nitrogens is 3. The van der Waals surface area contributed by atoms with Gasteiger partial charge in [-0.2, -0.15) is 8.75 Å². The molecule has 166 valence electrons. The number of nitrogens with one attached hydrogen (secondary N) is 1. The van der Waals surface area contributed by atoms with Crippen LogP contribution in [0, 0.1) is 0 Å². The summed E-state index contributed by atoms with van der Waals surface area (Å²) in [6, 6.07) is 9.78. The number of hydrogen-bond donors (Lipinski definition) is 1. The molecule has 4 rings (SSSR count). The zero-order chi connectivity index (χ0) is 22.3. The summed E-state index contributed by atoms with van der Waals surface area (Å²) >= 11 is 0.953. The predicted octanol–water partition coefficient (Wildman–Crippen LogP) is 3.78. The summed E-state index contributed by atoms with van der Waals surface area (Å²) in [7, 11) is 1.58. The van der Waals surface area contributed by atoms with E-state index in [4.69, 9.17) is 4.74 Å². The van der Waals surface area contributed by atoms with E-state index in [1.807, 2.05) is 0 Å². The molecule has 1 fully saturated rings. The first kappa shape index (κ1) is 21.9. The maximum atomic E-state index is 13.6. The molecular weight excluding hydrogens is 426 g/mol. The van der Waals surface area contributed by atoms with Gasteiger partial charge in [0.05, 0.1) is 25.0 Å². The Balaban J connectivity index is 1.76. The molecule has 32 heavy (non-hydrogen) atoms. The lowest BCUT2D eigenvalue weighted by Gasteiger charge is -2.33. The largest absolute Gasteiger partial charge is 0.497 e. The van der Waals surface area contributed by atoms with Crippen molar-refractivity contribution in [2.45, 2.75) is 44.2 Å². The quantitative estimate of drug-likeness (QED) is 0.587. The minimum atomic E-state index is -0.887. The topological polar surface area (TPSA) is 97.3 Å². The number of methoxy groups -OCH3 is 1. The van der Waals surface area contributed by atoms with Crippen LogP contribution in [0.25, 0.3) is 0 Å². The molecule has 1 saturated carbocycles. The maximum absolute atomic E-state index is 13.6. The first-order valence-electron chi connectivity index (χ1n) is 10.6. The van der Waals surface area contributed by atoms with E-state index in [1.54, 1.807) is 55.9 Å². The predicted molar refractivity (Wildman–Crippen MR) is 122 cm³/mol. The molecule has 1 aliphatic rings. The molecule has 1 aromatic carbocycles. The second-order valence-corrected chi connectivity index (χ2v) is 8.25. The van der Waals surface area contributed by atoms with Gasteiger partial charge in [-0.3, -0.25) is 19.5 Å². The third-order valence-electron chi connectivity index (χ3n) is 5.63. The van der Waals surface area contributed by atoms with E-state index in [-0.39, 0.29) is 17.6 Å². The first-order chi connectivity index (χ1) is 15.7. The van der Waals surface area contributed by atoms with Gasteiger partial charge in [-0.05, 0) is 54.8 Å². The summed E-state index contributed by atoms with van der Waals surface area (Å²) in [6.45, 7) is 0. The van der Waals surface area contributed by atoms with E-state index >= 15 is 0 Å². The molecule has 3 aromatic rings. The van der Waals surface area contributed by atoms with Gasteiger partial charge in [0.2, 0.25) is 5.91 Å². The minimum Gasteiger partial charge on any atom is -0.497 e. The van der Waals surface area contributed by atoms with Crippen molar-refractivity contribution < 1.29 is 14.3 Å². The minimum absolute atomic E-state index is 0.106. The van der Waals surface area contributed by atoms with Crippen LogP contribution in [0.3, 0.4) is 0 Å². The lowest BCUT2D eigenvalue weighted by molar-refractivity contribution is -0.123. The third-order valence-corrected chi connectivity index (χ3v) is 6.11. The van der Waals surface area contributed by atoms with Crippen LogP contribution in [0.1, 0.15) is 54.2 Å². The molecule has 1 N–H and O–H groups in total. The zero-order valence-electron chi connectivity index (χ0n) is 17.8. The van der Waals surface area contributed by atoms with Crippen LogP contribution in [0.5, 0.6) is 5.75 Å². The van der Waals surface area contributed by atoms with Gasteiger partial charge in [-0.15, -0.1) is 0 Å². The van der Waals surface area contributed by atoms with Crippen LogP contribution >= 0.6 is 11.7 Å². The summed E-state index contributed by atoms with van der Waals surface area (Å²) in [5.74, 6) is 0.0311. The Labute approximate surface area is 191 Å². The molecule has 0 saturated heterocycles. The van der Waals surface area contributed by atoms with E-state index in [1.165, 1.54) is 17.5 Å². The van der Waals surface area contributed by atoms with E-state index in [0.717, 1.165) is 37.4 Å². The zero-order valence-corrected chi connectivity index (χ0v) is 18.6. The van der Waals surface area contributed by atoms with E-state index in [0.29, 0.717) is 17.0 Å². The van der Waals surface area contributed by atoms with Gasteiger partial charge in [0.15, 0.2) is 5.69 Å². The molecule has 0 unspecified atom stereocenters. The second kappa shape index (κ2) is 10.3. The molecule has 9 heteroatoms. The average Bonchev–Trinajstić information content (AvgIpc) is 3.38. The molecule has 2 heterocycles. The van der Waals surface area contributed by atoms with Gasteiger partial charge >= 0.3 is 0 Å². The molecule has 1 aliphatic carbocycles. The summed E-state index contributed by atoms with van der Waals surface area (Å²) in [6.07, 6.45) is 9.93. The smallest absolute Gasteiger partial charge is 0.280 e. The van der Waals surface area contributed by atoms with Crippen LogP contribution in [0.15, 0.2) is 55.0 Å². The number of amides is 2. The Morgan fingerprint density at radius 3 is 2.44 bits per heavy atom. The van der Waals surface area contributed by atoms with Crippen molar-refractivity contribution in [3.05, 3.63) is 66.2 Å². The van der Waals surface area contributed by atoms with Crippen LogP contribution in [-0.2, 0) is 4.79 Å². The molecular formula is C23H25N5O3S. The molecule has 1 atom stereocenters. The Kier molecular flexibility index (Phi) is 7.06. The molecule has 0 bridgehead atoms. The molecule has 8 nitrogen and oxygen atoms in total. The van der Waals surface area contributed by atoms with E-state index in [2.05, 4.69) is 19.0 Å². The molecule has 2 amide bonds. The van der Waals surface area contributed by atoms with Gasteiger partial charge in [-0.1, -0.05) is 19.3 Å². The number of benzene rings is 1. The lowest BCUT2D eigenvalue weighted by atomic mass is 9.94. The monoisotopic (exact) mass is 451 g/mol. The highest BCUT2D eigenvalue weighted by Crippen LogP contribution is 2.31. The van der Waals surface area contributed by atoms with Crippen LogP contribution < -0.4 is 15.0 Å². The highest BCUT2D eigenvalue weighted by Gasteiger charge is 2.35. The van der Waals surface area contributed by atoms with Crippen molar-refractivity contribution in [1.82, 2.24) is 19.0 Å². The fourth-order valence-corrected chi connectivity index (χ4v) is 4.41. The summed E-state index contributed by atoms with van der Waals surface area (Å²) in [5.41, 5.74) is 1.42. The highest BCUT2D eigenvalue weighted by molar-refractivity contribution is 6.99. The summed E-state index contributed by atoms with van der Waals surface area (Å²) in [4.78, 5) is 32.8. The Bertz CT molecular complexity index is 1020. The van der Waals surface area contributed by atoms with E-state index in [9.17, 15) is 9.59 Å². The first-order valence-corrected chi connectivity index (χ1v) is 11.4. The van der Waals surface area contributed by atoms with Crippen molar-refractivity contribution >= 4 is 29.2 Å². The number of carbonyl (C=O) groups excluding carboxylic acids is 2. The van der Waals surface area contributed by atoms with Crippen molar-refractivity contribution in [3.63, 3.8) is 0 Å². The number of nitrogens with zero attached hydrogens (tertiary/aromatic N) is 4. The molecule has 0 aliphatic heterocycles. The number of hydrogen-bond acceptors (Lipinski definition) is 7. The van der Waals surface area contributed by atoms with Crippen molar-refractivity contribution in [3.8, 4) is 5.75 Å². The standard InChI is InChI=1S/C23H25N5O3S/c1-31-19-9-7-18(8-10-19)28(23(30)20-15-25-32-27-20)21(16-11-13-24-14-12-16)22(29)26-17-5-3-2-4-6-17/h7-15,17,21H,2-6H2,1H3,(H,26,29)/t21-/m0/s1. The Morgan fingerprint density at radius 2 is 1.81 bits per heavy atom. The van der Waals surface area contributed by atoms with Crippen LogP contribution in [-0.4, -0.2) is 38.7 Å². The summed E-state index contributed by atoms with van der Waals surface area (Å²) < 4.78 is 13.4. The van der Waals surface area contributed by atoms with Gasteiger partial charge in [0, 0.05) is 24.1 Å². The number of pyridine rings is 1. The molecule has 2 aromatic heterocycles. The van der Waals surface area contributed by atoms with Gasteiger partial charge in [0.25, 0.3) is 5.91 Å². The summed E-state index contributed by atoms with van der Waals surface area (Å²) in [5, 5.41) is 3.18. The number of carbonyl (C=O) groups is 2. The number of anilines is 1. The highest BCUT2D eigenvalue weighted by atomic mass is 32.1. The van der Waals surface area contributed by atoms with E-state index < -0.39 is 11.9 Å². The SMILES string of the molecule is COc1ccc(N(C(=O)c2cnsn2)[C@H](C(=O)NC2CCCCC2)c2ccncc2)cc1. The molecule has 0 spiro atoms. The Hall–Kier alpha value is -3.33. The normalized spacial score (nSPS) is 15.0. The molecule has 0 radical (unpaired) electrons. The van der Waals surface area contributed by atoms with Gasteiger partial charge < -0.3 is 10.1 Å². The fraction of sp³-hybridized carbons (Fsp3) is 0.348. The van der Waals surface area contributed by atoms with Gasteiger partial charge in [0.1, 0.15) is 11.8 Å². The van der Waals surface area contributed by atoms with Crippen LogP contribution in [0.4, 0.5) is 5.69 Å². The van der Waals surface area contributed by atoms with Gasteiger partial charge in [-0.25, -0.2) is 0 Å². The lowest BCUT2D eigenvalue weighted by Crippen LogP contribution is -2.47. The van der Waals surface area contributed by atoms with Crippen LogP contribution in [0.2, 0.25) is 0 Å². The van der Waals surface area contributed by atoms with Crippen molar-refractivity contribution in [1.29, 1.82) is 0 Å². The second-order valence-electron chi connectivity index (χ2n) is 7.69.